The van der Waals surface area contributed by atoms with Crippen LogP contribution in [0, 0.1) is 12.7 Å². The molecule has 0 unspecified atom stereocenters. The van der Waals surface area contributed by atoms with Gasteiger partial charge in [0.05, 0.1) is 28.9 Å². The van der Waals surface area contributed by atoms with E-state index in [4.69, 9.17) is 9.72 Å². The van der Waals surface area contributed by atoms with Crippen LogP contribution in [-0.2, 0) is 11.8 Å². The van der Waals surface area contributed by atoms with Crippen LogP contribution in [0.25, 0.3) is 22.2 Å². The van der Waals surface area contributed by atoms with Crippen LogP contribution in [0.1, 0.15) is 48.4 Å². The molecule has 0 radical (unpaired) electrons. The number of nitrogens with zero attached hydrogens (tertiary/aromatic N) is 3. The summed E-state index contributed by atoms with van der Waals surface area (Å²) in [4.78, 5) is 17.6. The van der Waals surface area contributed by atoms with Crippen molar-refractivity contribution in [1.29, 1.82) is 0 Å². The zero-order valence-corrected chi connectivity index (χ0v) is 15.6. The first-order valence-electron chi connectivity index (χ1n) is 8.65. The quantitative estimate of drug-likeness (QED) is 0.652. The van der Waals surface area contributed by atoms with Gasteiger partial charge in [-0.15, -0.1) is 0 Å². The van der Waals surface area contributed by atoms with Gasteiger partial charge in [-0.05, 0) is 37.5 Å². The van der Waals surface area contributed by atoms with Gasteiger partial charge < -0.3 is 4.74 Å². The van der Waals surface area contributed by atoms with Crippen molar-refractivity contribution in [3.63, 3.8) is 0 Å². The molecular formula is C20H22FN3O2. The monoisotopic (exact) mass is 355 g/mol. The molecule has 136 valence electrons. The number of ether oxygens (including phenoxy) is 1. The highest BCUT2D eigenvalue weighted by Crippen LogP contribution is 2.37. The minimum absolute atomic E-state index is 0.00760. The minimum Gasteiger partial charge on any atom is -0.462 e. The van der Waals surface area contributed by atoms with Crippen molar-refractivity contribution in [3.05, 3.63) is 47.0 Å². The third-order valence-corrected chi connectivity index (χ3v) is 4.33. The van der Waals surface area contributed by atoms with Gasteiger partial charge in [0.2, 0.25) is 0 Å². The lowest BCUT2D eigenvalue weighted by Crippen LogP contribution is -2.14. The van der Waals surface area contributed by atoms with E-state index in [1.165, 1.54) is 12.1 Å². The Labute approximate surface area is 151 Å². The van der Waals surface area contributed by atoms with E-state index in [1.54, 1.807) is 23.7 Å². The fraction of sp³-hybridized carbons (Fsp3) is 0.350. The number of aromatic nitrogens is 3. The summed E-state index contributed by atoms with van der Waals surface area (Å²) in [6.45, 7) is 7.87. The van der Waals surface area contributed by atoms with Crippen LogP contribution in [0.3, 0.4) is 0 Å². The molecule has 0 N–H and O–H groups in total. The van der Waals surface area contributed by atoms with E-state index in [0.717, 1.165) is 16.6 Å². The first-order valence-corrected chi connectivity index (χ1v) is 8.65. The van der Waals surface area contributed by atoms with Crippen molar-refractivity contribution in [2.24, 2.45) is 7.05 Å². The Hall–Kier alpha value is -2.76. The lowest BCUT2D eigenvalue weighted by atomic mass is 9.91. The maximum absolute atomic E-state index is 13.5. The third kappa shape index (κ3) is 2.96. The number of rotatable bonds is 4. The molecule has 5 nitrogen and oxygen atoms in total. The number of benzene rings is 1. The lowest BCUT2D eigenvalue weighted by Gasteiger charge is -2.17. The number of hydrogen-bond acceptors (Lipinski definition) is 4. The summed E-state index contributed by atoms with van der Waals surface area (Å²) in [6, 6.07) is 6.11. The second kappa shape index (κ2) is 6.86. The van der Waals surface area contributed by atoms with Gasteiger partial charge >= 0.3 is 5.97 Å². The van der Waals surface area contributed by atoms with Crippen LogP contribution in [0.5, 0.6) is 0 Å². The van der Waals surface area contributed by atoms with Gasteiger partial charge in [0, 0.05) is 12.6 Å². The smallest absolute Gasteiger partial charge is 0.340 e. The van der Waals surface area contributed by atoms with E-state index < -0.39 is 5.97 Å². The molecule has 0 atom stereocenters. The summed E-state index contributed by atoms with van der Waals surface area (Å²) >= 11 is 0. The van der Waals surface area contributed by atoms with Gasteiger partial charge in [0.15, 0.2) is 5.65 Å². The van der Waals surface area contributed by atoms with Gasteiger partial charge in [-0.1, -0.05) is 26.0 Å². The zero-order chi connectivity index (χ0) is 19.0. The molecule has 0 fully saturated rings. The molecule has 3 rings (SSSR count). The Morgan fingerprint density at radius 2 is 1.92 bits per heavy atom. The predicted octanol–water partition coefficient (Wildman–Crippen LogP) is 4.38. The van der Waals surface area contributed by atoms with E-state index >= 15 is 0 Å². The molecule has 2 heterocycles. The zero-order valence-electron chi connectivity index (χ0n) is 15.6. The molecular weight excluding hydrogens is 333 g/mol. The van der Waals surface area contributed by atoms with Gasteiger partial charge in [-0.3, -0.25) is 4.68 Å². The van der Waals surface area contributed by atoms with E-state index in [1.807, 2.05) is 27.8 Å². The minimum atomic E-state index is -0.423. The molecule has 0 saturated carbocycles. The number of fused-ring (bicyclic) bond motifs is 1. The van der Waals surface area contributed by atoms with E-state index in [0.29, 0.717) is 22.5 Å². The molecule has 26 heavy (non-hydrogen) atoms. The molecule has 1 aromatic carbocycles. The summed E-state index contributed by atoms with van der Waals surface area (Å²) in [6.07, 6.45) is 0. The molecule has 0 amide bonds. The Bertz CT molecular complexity index is 975. The van der Waals surface area contributed by atoms with Crippen molar-refractivity contribution in [1.82, 2.24) is 14.8 Å². The largest absolute Gasteiger partial charge is 0.462 e. The molecule has 0 aliphatic carbocycles. The van der Waals surface area contributed by atoms with Crippen LogP contribution in [0.15, 0.2) is 24.3 Å². The highest BCUT2D eigenvalue weighted by atomic mass is 19.1. The van der Waals surface area contributed by atoms with Crippen molar-refractivity contribution >= 4 is 17.0 Å². The van der Waals surface area contributed by atoms with Crippen molar-refractivity contribution < 1.29 is 13.9 Å². The second-order valence-corrected chi connectivity index (χ2v) is 6.54. The number of aryl methyl sites for hydroxylation is 2. The molecule has 2 aromatic heterocycles. The molecule has 3 aromatic rings. The van der Waals surface area contributed by atoms with Crippen molar-refractivity contribution in [2.45, 2.75) is 33.6 Å². The highest BCUT2D eigenvalue weighted by Gasteiger charge is 2.27. The maximum atomic E-state index is 13.5. The molecule has 6 heteroatoms. The Morgan fingerprint density at radius 3 is 2.50 bits per heavy atom. The predicted molar refractivity (Wildman–Crippen MR) is 98.7 cm³/mol. The van der Waals surface area contributed by atoms with Gasteiger partial charge in [0.25, 0.3) is 0 Å². The number of esters is 1. The molecule has 0 spiro atoms. The van der Waals surface area contributed by atoms with Crippen LogP contribution < -0.4 is 0 Å². The molecule has 0 saturated heterocycles. The van der Waals surface area contributed by atoms with Gasteiger partial charge in [-0.25, -0.2) is 14.2 Å². The standard InChI is InChI=1S/C20H22FN3O2/c1-6-26-20(25)17-16(13-7-9-14(21)10-8-13)15-12(4)23-24(5)19(15)22-18(17)11(2)3/h7-11H,6H2,1-5H3. The Morgan fingerprint density at radius 1 is 1.27 bits per heavy atom. The fourth-order valence-corrected chi connectivity index (χ4v) is 3.22. The average molecular weight is 355 g/mol. The molecule has 0 bridgehead atoms. The highest BCUT2D eigenvalue weighted by molar-refractivity contribution is 6.08. The topological polar surface area (TPSA) is 57.0 Å². The first-order chi connectivity index (χ1) is 12.3. The third-order valence-electron chi connectivity index (χ3n) is 4.33. The van der Waals surface area contributed by atoms with Crippen molar-refractivity contribution in [3.8, 4) is 11.1 Å². The van der Waals surface area contributed by atoms with Crippen LogP contribution in [0.2, 0.25) is 0 Å². The van der Waals surface area contributed by atoms with E-state index in [-0.39, 0.29) is 18.3 Å². The summed E-state index contributed by atoms with van der Waals surface area (Å²) in [5.74, 6) is -0.745. The van der Waals surface area contributed by atoms with Crippen LogP contribution in [-0.4, -0.2) is 27.3 Å². The normalized spacial score (nSPS) is 11.3. The van der Waals surface area contributed by atoms with E-state index in [9.17, 15) is 9.18 Å². The van der Waals surface area contributed by atoms with E-state index in [2.05, 4.69) is 5.10 Å². The Kier molecular flexibility index (Phi) is 4.76. The summed E-state index contributed by atoms with van der Waals surface area (Å²) in [5, 5.41) is 5.25. The SMILES string of the molecule is CCOC(=O)c1c(C(C)C)nc2c(c(C)nn2C)c1-c1ccc(F)cc1. The van der Waals surface area contributed by atoms with Crippen molar-refractivity contribution in [2.75, 3.05) is 6.61 Å². The number of halogens is 1. The number of hydrogen-bond donors (Lipinski definition) is 0. The lowest BCUT2D eigenvalue weighted by molar-refractivity contribution is 0.0525. The number of pyridine rings is 1. The number of carbonyl (C=O) groups excluding carboxylic acids is 1. The summed E-state index contributed by atoms with van der Waals surface area (Å²) in [7, 11) is 1.82. The van der Waals surface area contributed by atoms with Crippen LogP contribution in [0.4, 0.5) is 4.39 Å². The van der Waals surface area contributed by atoms with Gasteiger partial charge in [-0.2, -0.15) is 5.10 Å². The van der Waals surface area contributed by atoms with Crippen LogP contribution >= 0.6 is 0 Å². The Balaban J connectivity index is 2.48. The molecule has 0 aliphatic rings. The van der Waals surface area contributed by atoms with Gasteiger partial charge in [0.1, 0.15) is 5.82 Å². The number of carbonyl (C=O) groups is 1. The fourth-order valence-electron chi connectivity index (χ4n) is 3.22. The second-order valence-electron chi connectivity index (χ2n) is 6.54. The molecule has 0 aliphatic heterocycles. The summed E-state index contributed by atoms with van der Waals surface area (Å²) in [5.41, 5.74) is 3.96. The first kappa shape index (κ1) is 18.0. The summed E-state index contributed by atoms with van der Waals surface area (Å²) < 4.78 is 20.5. The maximum Gasteiger partial charge on any atom is 0.340 e. The average Bonchev–Trinajstić information content (AvgIpc) is 2.88.